The fourth-order valence-electron chi connectivity index (χ4n) is 1.79. The number of esters is 1. The number of allylic oxidation sites excluding steroid dienone is 1. The predicted octanol–water partition coefficient (Wildman–Crippen LogP) is 3.12. The Labute approximate surface area is 110 Å². The molecule has 0 amide bonds. The molecule has 1 heterocycles. The number of carbonyl (C=O) groups excluding carboxylic acids is 2. The highest BCUT2D eigenvalue weighted by molar-refractivity contribution is 8.04. The second-order valence-electron chi connectivity index (χ2n) is 3.92. The van der Waals surface area contributed by atoms with Gasteiger partial charge in [0.1, 0.15) is 6.29 Å². The lowest BCUT2D eigenvalue weighted by Crippen LogP contribution is -2.03. The third-order valence-corrected chi connectivity index (χ3v) is 4.04. The molecule has 1 aliphatic rings. The minimum absolute atomic E-state index is 0.241. The molecular formula is C14H14O3S. The third-order valence-electron chi connectivity index (χ3n) is 2.71. The van der Waals surface area contributed by atoms with Gasteiger partial charge in [-0.2, -0.15) is 0 Å². The highest BCUT2D eigenvalue weighted by Crippen LogP contribution is 2.43. The molecule has 0 aliphatic carbocycles. The van der Waals surface area contributed by atoms with E-state index in [9.17, 15) is 9.59 Å². The lowest BCUT2D eigenvalue weighted by molar-refractivity contribution is -0.137. The Morgan fingerprint density at radius 3 is 2.78 bits per heavy atom. The van der Waals surface area contributed by atoms with Gasteiger partial charge < -0.3 is 4.74 Å². The van der Waals surface area contributed by atoms with Crippen LogP contribution in [-0.4, -0.2) is 18.9 Å². The molecule has 4 heteroatoms. The summed E-state index contributed by atoms with van der Waals surface area (Å²) in [5.74, 6) is -0.241. The first-order valence-electron chi connectivity index (χ1n) is 5.83. The van der Waals surface area contributed by atoms with E-state index < -0.39 is 0 Å². The monoisotopic (exact) mass is 262 g/mol. The fourth-order valence-corrected chi connectivity index (χ4v) is 2.93. The summed E-state index contributed by atoms with van der Waals surface area (Å²) < 4.78 is 4.97. The first-order chi connectivity index (χ1) is 8.74. The minimum Gasteiger partial charge on any atom is -0.462 e. The van der Waals surface area contributed by atoms with Crippen molar-refractivity contribution in [1.82, 2.24) is 0 Å². The van der Waals surface area contributed by atoms with Gasteiger partial charge in [0.05, 0.1) is 11.5 Å². The summed E-state index contributed by atoms with van der Waals surface area (Å²) in [4.78, 5) is 22.8. The molecule has 18 heavy (non-hydrogen) atoms. The van der Waals surface area contributed by atoms with Gasteiger partial charge in [0.25, 0.3) is 0 Å². The number of aldehydes is 1. The Morgan fingerprint density at radius 1 is 1.44 bits per heavy atom. The second kappa shape index (κ2) is 5.87. The van der Waals surface area contributed by atoms with Crippen molar-refractivity contribution in [2.75, 3.05) is 6.61 Å². The molecule has 0 radical (unpaired) electrons. The molecule has 0 saturated carbocycles. The van der Waals surface area contributed by atoms with Crippen LogP contribution in [0.4, 0.5) is 0 Å². The van der Waals surface area contributed by atoms with Gasteiger partial charge in [0, 0.05) is 10.8 Å². The van der Waals surface area contributed by atoms with E-state index in [2.05, 4.69) is 0 Å². The maximum Gasteiger partial charge on any atom is 0.344 e. The standard InChI is InChI=1S/C14H14O3S/c1-2-17-14(16)13-8-7-12(18-13)11-5-3-10(9-15)4-6-11/h3-6,8-9,12H,2,7H2,1H3. The number of benzene rings is 1. The molecule has 0 saturated heterocycles. The van der Waals surface area contributed by atoms with E-state index in [0.29, 0.717) is 17.1 Å². The number of hydrogen-bond acceptors (Lipinski definition) is 4. The van der Waals surface area contributed by atoms with Gasteiger partial charge in [0.15, 0.2) is 0 Å². The molecular weight excluding hydrogens is 248 g/mol. The van der Waals surface area contributed by atoms with E-state index in [0.717, 1.165) is 18.3 Å². The van der Waals surface area contributed by atoms with Crippen LogP contribution in [0.15, 0.2) is 35.2 Å². The number of thioether (sulfide) groups is 1. The second-order valence-corrected chi connectivity index (χ2v) is 5.16. The van der Waals surface area contributed by atoms with Gasteiger partial charge in [-0.3, -0.25) is 4.79 Å². The minimum atomic E-state index is -0.241. The smallest absolute Gasteiger partial charge is 0.344 e. The number of hydrogen-bond donors (Lipinski definition) is 0. The first kappa shape index (κ1) is 12.9. The molecule has 0 fully saturated rings. The van der Waals surface area contributed by atoms with Crippen LogP contribution in [0.25, 0.3) is 0 Å². The summed E-state index contributed by atoms with van der Waals surface area (Å²) in [7, 11) is 0. The van der Waals surface area contributed by atoms with E-state index in [1.165, 1.54) is 11.8 Å². The van der Waals surface area contributed by atoms with E-state index >= 15 is 0 Å². The van der Waals surface area contributed by atoms with Crippen molar-refractivity contribution >= 4 is 24.0 Å². The van der Waals surface area contributed by atoms with Crippen LogP contribution < -0.4 is 0 Å². The van der Waals surface area contributed by atoms with Crippen LogP contribution in [0, 0.1) is 0 Å². The van der Waals surface area contributed by atoms with Crippen molar-refractivity contribution in [2.24, 2.45) is 0 Å². The molecule has 0 spiro atoms. The summed E-state index contributed by atoms with van der Waals surface area (Å²) >= 11 is 1.52. The Bertz CT molecular complexity index is 476. The molecule has 1 unspecified atom stereocenters. The van der Waals surface area contributed by atoms with Crippen molar-refractivity contribution in [3.63, 3.8) is 0 Å². The SMILES string of the molecule is CCOC(=O)C1=CCC(c2ccc(C=O)cc2)S1. The predicted molar refractivity (Wildman–Crippen MR) is 71.5 cm³/mol. The maximum atomic E-state index is 11.6. The Kier molecular flexibility index (Phi) is 4.20. The molecule has 2 rings (SSSR count). The highest BCUT2D eigenvalue weighted by atomic mass is 32.2. The number of carbonyl (C=O) groups is 2. The molecule has 1 aromatic rings. The molecule has 0 aromatic heterocycles. The molecule has 0 bridgehead atoms. The van der Waals surface area contributed by atoms with Crippen LogP contribution >= 0.6 is 11.8 Å². The van der Waals surface area contributed by atoms with Crippen molar-refractivity contribution in [3.8, 4) is 0 Å². The van der Waals surface area contributed by atoms with Crippen LogP contribution in [0.1, 0.15) is 34.5 Å². The molecule has 3 nitrogen and oxygen atoms in total. The van der Waals surface area contributed by atoms with Gasteiger partial charge in [-0.15, -0.1) is 11.8 Å². The summed E-state index contributed by atoms with van der Waals surface area (Å²) in [5.41, 5.74) is 1.79. The summed E-state index contributed by atoms with van der Waals surface area (Å²) in [6.45, 7) is 2.20. The van der Waals surface area contributed by atoms with Crippen molar-refractivity contribution in [3.05, 3.63) is 46.4 Å². The maximum absolute atomic E-state index is 11.6. The highest BCUT2D eigenvalue weighted by Gasteiger charge is 2.24. The molecule has 0 N–H and O–H groups in total. The number of ether oxygens (including phenoxy) is 1. The van der Waals surface area contributed by atoms with Gasteiger partial charge in [0.2, 0.25) is 0 Å². The zero-order valence-corrected chi connectivity index (χ0v) is 10.9. The Hall–Kier alpha value is -1.55. The number of rotatable bonds is 4. The molecule has 1 aromatic carbocycles. The summed E-state index contributed by atoms with van der Waals surface area (Å²) in [6.07, 6.45) is 3.56. The van der Waals surface area contributed by atoms with Crippen LogP contribution in [0.5, 0.6) is 0 Å². The quantitative estimate of drug-likeness (QED) is 0.617. The Balaban J connectivity index is 2.01. The van der Waals surface area contributed by atoms with E-state index in [-0.39, 0.29) is 11.2 Å². The third kappa shape index (κ3) is 2.82. The van der Waals surface area contributed by atoms with Gasteiger partial charge in [-0.25, -0.2) is 4.79 Å². The topological polar surface area (TPSA) is 43.4 Å². The summed E-state index contributed by atoms with van der Waals surface area (Å²) in [6, 6.07) is 7.46. The van der Waals surface area contributed by atoms with Crippen LogP contribution in [0.2, 0.25) is 0 Å². The average molecular weight is 262 g/mol. The van der Waals surface area contributed by atoms with Gasteiger partial charge >= 0.3 is 5.97 Å². The van der Waals surface area contributed by atoms with Gasteiger partial charge in [-0.05, 0) is 18.9 Å². The first-order valence-corrected chi connectivity index (χ1v) is 6.71. The van der Waals surface area contributed by atoms with Gasteiger partial charge in [-0.1, -0.05) is 30.3 Å². The molecule has 1 aliphatic heterocycles. The average Bonchev–Trinajstić information content (AvgIpc) is 2.89. The van der Waals surface area contributed by atoms with Crippen molar-refractivity contribution in [1.29, 1.82) is 0 Å². The van der Waals surface area contributed by atoms with E-state index in [1.54, 1.807) is 19.1 Å². The zero-order valence-electron chi connectivity index (χ0n) is 10.1. The van der Waals surface area contributed by atoms with E-state index in [4.69, 9.17) is 4.74 Å². The molecule has 1 atom stereocenters. The fraction of sp³-hybridized carbons (Fsp3) is 0.286. The van der Waals surface area contributed by atoms with Crippen LogP contribution in [0.3, 0.4) is 0 Å². The van der Waals surface area contributed by atoms with E-state index in [1.807, 2.05) is 18.2 Å². The zero-order chi connectivity index (χ0) is 13.0. The largest absolute Gasteiger partial charge is 0.462 e. The van der Waals surface area contributed by atoms with Crippen LogP contribution in [-0.2, 0) is 9.53 Å². The molecule has 94 valence electrons. The van der Waals surface area contributed by atoms with Crippen molar-refractivity contribution in [2.45, 2.75) is 18.6 Å². The lowest BCUT2D eigenvalue weighted by Gasteiger charge is -2.10. The Morgan fingerprint density at radius 2 is 2.17 bits per heavy atom. The normalized spacial score (nSPS) is 18.3. The lowest BCUT2D eigenvalue weighted by atomic mass is 10.1. The van der Waals surface area contributed by atoms with Crippen molar-refractivity contribution < 1.29 is 14.3 Å². The summed E-state index contributed by atoms with van der Waals surface area (Å²) in [5, 5.41) is 0.241.